The maximum atomic E-state index is 13.4. The first-order valence-electron chi connectivity index (χ1n) is 13.7. The molecule has 2 saturated heterocycles. The fourth-order valence-electron chi connectivity index (χ4n) is 5.36. The highest BCUT2D eigenvalue weighted by molar-refractivity contribution is 6.29. The summed E-state index contributed by atoms with van der Waals surface area (Å²) < 4.78 is 27.9. The molecule has 0 bridgehead atoms. The molecule has 0 amide bonds. The predicted octanol–water partition coefficient (Wildman–Crippen LogP) is -1.22. The van der Waals surface area contributed by atoms with Crippen LogP contribution in [0.3, 0.4) is 0 Å². The molecule has 0 radical (unpaired) electrons. The van der Waals surface area contributed by atoms with Crippen molar-refractivity contribution < 1.29 is 73.8 Å². The van der Waals surface area contributed by atoms with Crippen LogP contribution in [0.5, 0.6) is 17.2 Å². The number of aliphatic hydroxyl groups is 5. The molecular weight excluding hydrogens is 588 g/mol. The summed E-state index contributed by atoms with van der Waals surface area (Å²) in [5, 5.41) is 73.5. The number of fused-ring (bicyclic) bond motifs is 2. The summed E-state index contributed by atoms with van der Waals surface area (Å²) in [6.07, 6.45) is -16.0. The number of hydrogen-bond donors (Lipinski definition) is 7. The lowest BCUT2D eigenvalue weighted by Gasteiger charge is -2.45. The van der Waals surface area contributed by atoms with Crippen molar-refractivity contribution in [2.45, 2.75) is 82.2 Å². The second-order valence-corrected chi connectivity index (χ2v) is 10.9. The smallest absolute Gasteiger partial charge is 0.302 e. The minimum absolute atomic E-state index is 0.0206. The summed E-state index contributed by atoms with van der Waals surface area (Å²) in [5.41, 5.74) is -0.698. The van der Waals surface area contributed by atoms with Crippen molar-refractivity contribution in [1.29, 1.82) is 0 Å². The van der Waals surface area contributed by atoms with Gasteiger partial charge in [0.2, 0.25) is 6.29 Å². The molecule has 2 aromatic carbocycles. The number of carbonyl (C=O) groups is 3. The van der Waals surface area contributed by atoms with Crippen LogP contribution in [0, 0.1) is 6.92 Å². The van der Waals surface area contributed by atoms with Crippen LogP contribution in [-0.2, 0) is 23.7 Å². The third-order valence-corrected chi connectivity index (χ3v) is 7.91. The highest BCUT2D eigenvalue weighted by atomic mass is 16.8. The monoisotopic (exact) mass is 620 g/mol. The van der Waals surface area contributed by atoms with Gasteiger partial charge in [0.15, 0.2) is 24.0 Å². The fraction of sp³-hybridized carbons (Fsp3) is 0.483. The zero-order valence-corrected chi connectivity index (χ0v) is 23.7. The van der Waals surface area contributed by atoms with Gasteiger partial charge in [-0.3, -0.25) is 14.4 Å². The van der Waals surface area contributed by atoms with E-state index in [0.29, 0.717) is 0 Å². The van der Waals surface area contributed by atoms with E-state index in [1.165, 1.54) is 26.0 Å². The van der Waals surface area contributed by atoms with Gasteiger partial charge in [0.05, 0.1) is 11.7 Å². The standard InChI is InChI=1S/C29H32O15/c1-9-16(7-15-18(19(9)32)22(35)13-5-4-12(31)6-14(13)21(15)34)42-29-27(25(38)23(36)17(43-29)8-40-11(3)30)44-28-26(39)24(37)20(33)10(2)41-28/h4-7,10,17,20,23-29,31-33,36-39H,8H2,1-3H3/t10-,17?,20-,23+,24+,25-,26+,27+,28-,29+/m1/s1. The number of ether oxygens (including phenoxy) is 5. The Morgan fingerprint density at radius 3 is 2.23 bits per heavy atom. The van der Waals surface area contributed by atoms with Gasteiger partial charge in [0, 0.05) is 29.2 Å². The largest absolute Gasteiger partial charge is 0.508 e. The van der Waals surface area contributed by atoms with Crippen molar-refractivity contribution in [3.05, 3.63) is 52.1 Å². The molecule has 7 N–H and O–H groups in total. The number of aliphatic hydroxyl groups excluding tert-OH is 5. The Kier molecular flexibility index (Phi) is 8.67. The Morgan fingerprint density at radius 2 is 1.55 bits per heavy atom. The summed E-state index contributed by atoms with van der Waals surface area (Å²) in [5.74, 6) is -3.15. The number of hydrogen-bond acceptors (Lipinski definition) is 15. The van der Waals surface area contributed by atoms with E-state index in [4.69, 9.17) is 23.7 Å². The van der Waals surface area contributed by atoms with E-state index in [9.17, 15) is 50.1 Å². The third-order valence-electron chi connectivity index (χ3n) is 7.91. The fourth-order valence-corrected chi connectivity index (χ4v) is 5.36. The van der Waals surface area contributed by atoms with Crippen molar-refractivity contribution in [3.63, 3.8) is 0 Å². The molecule has 1 aliphatic carbocycles. The molecule has 0 saturated carbocycles. The lowest BCUT2D eigenvalue weighted by molar-refractivity contribution is -0.354. The van der Waals surface area contributed by atoms with Crippen molar-refractivity contribution in [2.24, 2.45) is 0 Å². The Labute approximate surface area is 249 Å². The number of carbonyl (C=O) groups excluding carboxylic acids is 3. The van der Waals surface area contributed by atoms with Gasteiger partial charge >= 0.3 is 5.97 Å². The number of rotatable bonds is 6. The van der Waals surface area contributed by atoms with E-state index in [1.807, 2.05) is 0 Å². The molecule has 44 heavy (non-hydrogen) atoms. The zero-order chi connectivity index (χ0) is 32.2. The first kappa shape index (κ1) is 31.7. The molecule has 0 spiro atoms. The van der Waals surface area contributed by atoms with Crippen LogP contribution in [0.4, 0.5) is 0 Å². The molecule has 10 atom stereocenters. The minimum Gasteiger partial charge on any atom is -0.508 e. The van der Waals surface area contributed by atoms with Crippen molar-refractivity contribution in [2.75, 3.05) is 6.61 Å². The molecular formula is C29H32O15. The molecule has 2 fully saturated rings. The quantitative estimate of drug-likeness (QED) is 0.160. The predicted molar refractivity (Wildman–Crippen MR) is 143 cm³/mol. The lowest BCUT2D eigenvalue weighted by Crippen LogP contribution is -2.64. The number of phenolic OH excluding ortho intramolecular Hbond substituents is 2. The summed E-state index contributed by atoms with van der Waals surface area (Å²) >= 11 is 0. The summed E-state index contributed by atoms with van der Waals surface area (Å²) in [4.78, 5) is 38.0. The van der Waals surface area contributed by atoms with Gasteiger partial charge in [-0.2, -0.15) is 0 Å². The van der Waals surface area contributed by atoms with E-state index in [0.717, 1.165) is 19.1 Å². The highest BCUT2D eigenvalue weighted by Crippen LogP contribution is 2.41. The molecule has 3 aliphatic rings. The Bertz CT molecular complexity index is 1470. The summed E-state index contributed by atoms with van der Waals surface area (Å²) in [6, 6.07) is 4.77. The number of esters is 1. The van der Waals surface area contributed by atoms with Crippen LogP contribution in [0.2, 0.25) is 0 Å². The van der Waals surface area contributed by atoms with Crippen LogP contribution in [0.1, 0.15) is 51.3 Å². The molecule has 0 aromatic heterocycles. The van der Waals surface area contributed by atoms with Crippen LogP contribution in [0.15, 0.2) is 24.3 Å². The molecule has 2 aliphatic heterocycles. The van der Waals surface area contributed by atoms with Crippen LogP contribution in [0.25, 0.3) is 0 Å². The van der Waals surface area contributed by atoms with Gasteiger partial charge in [-0.1, -0.05) is 0 Å². The maximum absolute atomic E-state index is 13.4. The molecule has 238 valence electrons. The van der Waals surface area contributed by atoms with Crippen LogP contribution >= 0.6 is 0 Å². The Morgan fingerprint density at radius 1 is 0.841 bits per heavy atom. The molecule has 2 heterocycles. The first-order chi connectivity index (χ1) is 20.7. The van der Waals surface area contributed by atoms with E-state index in [-0.39, 0.29) is 39.3 Å². The number of phenols is 2. The van der Waals surface area contributed by atoms with E-state index in [1.54, 1.807) is 0 Å². The summed E-state index contributed by atoms with van der Waals surface area (Å²) in [7, 11) is 0. The van der Waals surface area contributed by atoms with Crippen LogP contribution in [-0.4, -0.2) is 121 Å². The zero-order valence-electron chi connectivity index (χ0n) is 23.7. The van der Waals surface area contributed by atoms with Gasteiger partial charge in [-0.05, 0) is 38.1 Å². The number of aromatic hydroxyl groups is 2. The average molecular weight is 621 g/mol. The third kappa shape index (κ3) is 5.52. The maximum Gasteiger partial charge on any atom is 0.302 e. The van der Waals surface area contributed by atoms with Gasteiger partial charge in [-0.25, -0.2) is 0 Å². The van der Waals surface area contributed by atoms with E-state index >= 15 is 0 Å². The lowest BCUT2D eigenvalue weighted by atomic mass is 9.82. The summed E-state index contributed by atoms with van der Waals surface area (Å²) in [6.45, 7) is 3.37. The van der Waals surface area contributed by atoms with Gasteiger partial charge in [-0.15, -0.1) is 0 Å². The number of benzene rings is 2. The highest BCUT2D eigenvalue weighted by Gasteiger charge is 2.51. The SMILES string of the molecule is CC(=O)OCC1O[C@H](Oc2cc3c(c(O)c2C)C(=O)c2ccc(O)cc2C3=O)[C@@H](O[C@H]2O[C@H](C)[C@@H](O)[C@H](O)[C@@H]2O)[C@H](O)[C@H]1O. The molecule has 15 nitrogen and oxygen atoms in total. The molecule has 2 aromatic rings. The van der Waals surface area contributed by atoms with Crippen molar-refractivity contribution >= 4 is 17.5 Å². The van der Waals surface area contributed by atoms with E-state index in [2.05, 4.69) is 0 Å². The Hall–Kier alpha value is -3.67. The van der Waals surface area contributed by atoms with Crippen molar-refractivity contribution in [1.82, 2.24) is 0 Å². The second kappa shape index (κ2) is 12.0. The number of ketones is 2. The van der Waals surface area contributed by atoms with Gasteiger partial charge in [0.25, 0.3) is 0 Å². The van der Waals surface area contributed by atoms with Crippen molar-refractivity contribution in [3.8, 4) is 17.2 Å². The molecule has 1 unspecified atom stereocenters. The second-order valence-electron chi connectivity index (χ2n) is 10.9. The van der Waals surface area contributed by atoms with E-state index < -0.39 is 91.3 Å². The topological polar surface area (TPSA) is 239 Å². The first-order valence-corrected chi connectivity index (χ1v) is 13.7. The van der Waals surface area contributed by atoms with Crippen LogP contribution < -0.4 is 4.74 Å². The van der Waals surface area contributed by atoms with Gasteiger partial charge < -0.3 is 59.4 Å². The average Bonchev–Trinajstić information content (AvgIpc) is 2.98. The minimum atomic E-state index is -1.84. The Balaban J connectivity index is 1.51. The van der Waals surface area contributed by atoms with Gasteiger partial charge in [0.1, 0.15) is 60.5 Å². The normalized spacial score (nSPS) is 33.4. The molecule has 5 rings (SSSR count). The molecule has 15 heteroatoms.